The molecule has 0 radical (unpaired) electrons. The highest BCUT2D eigenvalue weighted by atomic mass is 79.9. The van der Waals surface area contributed by atoms with Gasteiger partial charge in [0.2, 0.25) is 0 Å². The highest BCUT2D eigenvalue weighted by molar-refractivity contribution is 9.10. The number of nitrogen functional groups attached to an aromatic ring is 2. The summed E-state index contributed by atoms with van der Waals surface area (Å²) in [5, 5.41) is 2.63. The predicted octanol–water partition coefficient (Wildman–Crippen LogP) is 3.00. The van der Waals surface area contributed by atoms with Gasteiger partial charge in [-0.25, -0.2) is 4.39 Å². The lowest BCUT2D eigenvalue weighted by Gasteiger charge is -2.08. The Kier molecular flexibility index (Phi) is 3.71. The van der Waals surface area contributed by atoms with Crippen LogP contribution in [0.2, 0.25) is 0 Å². The van der Waals surface area contributed by atoms with E-state index in [1.54, 1.807) is 12.1 Å². The van der Waals surface area contributed by atoms with Gasteiger partial charge in [0.15, 0.2) is 0 Å². The van der Waals surface area contributed by atoms with E-state index in [2.05, 4.69) is 21.2 Å². The van der Waals surface area contributed by atoms with Crippen molar-refractivity contribution in [3.8, 4) is 0 Å². The molecule has 0 bridgehead atoms. The molecule has 0 aromatic heterocycles. The number of carbonyl (C=O) groups excluding carboxylic acids is 1. The van der Waals surface area contributed by atoms with Crippen molar-refractivity contribution in [2.75, 3.05) is 16.8 Å². The normalized spacial score (nSPS) is 10.2. The van der Waals surface area contributed by atoms with E-state index in [1.165, 1.54) is 24.3 Å². The van der Waals surface area contributed by atoms with Crippen LogP contribution in [0.5, 0.6) is 0 Å². The molecule has 0 heterocycles. The van der Waals surface area contributed by atoms with E-state index in [1.807, 2.05) is 0 Å². The van der Waals surface area contributed by atoms with Crippen LogP contribution in [0.1, 0.15) is 10.4 Å². The van der Waals surface area contributed by atoms with E-state index in [9.17, 15) is 9.18 Å². The number of rotatable bonds is 2. The summed E-state index contributed by atoms with van der Waals surface area (Å²) in [6, 6.07) is 8.83. The van der Waals surface area contributed by atoms with Crippen LogP contribution in [0.25, 0.3) is 0 Å². The third kappa shape index (κ3) is 3.03. The maximum atomic E-state index is 13.1. The van der Waals surface area contributed by atoms with Crippen molar-refractivity contribution in [1.82, 2.24) is 0 Å². The Hall–Kier alpha value is -2.08. The quantitative estimate of drug-likeness (QED) is 0.743. The van der Waals surface area contributed by atoms with Gasteiger partial charge >= 0.3 is 0 Å². The second-order valence-electron chi connectivity index (χ2n) is 3.93. The first-order valence-corrected chi connectivity index (χ1v) is 6.18. The highest BCUT2D eigenvalue weighted by Gasteiger charge is 2.11. The molecule has 0 saturated carbocycles. The number of carbonyl (C=O) groups is 1. The maximum Gasteiger partial charge on any atom is 0.257 e. The van der Waals surface area contributed by atoms with Gasteiger partial charge in [-0.1, -0.05) is 0 Å². The van der Waals surface area contributed by atoms with Crippen molar-refractivity contribution >= 4 is 38.9 Å². The van der Waals surface area contributed by atoms with Crippen LogP contribution in [-0.2, 0) is 0 Å². The first kappa shape index (κ1) is 13.4. The minimum absolute atomic E-state index is 0.274. The first-order chi connectivity index (χ1) is 8.97. The van der Waals surface area contributed by atoms with Gasteiger partial charge in [0.05, 0.1) is 10.0 Å². The van der Waals surface area contributed by atoms with Crippen LogP contribution >= 0.6 is 15.9 Å². The molecule has 6 heteroatoms. The van der Waals surface area contributed by atoms with Gasteiger partial charge in [0.25, 0.3) is 5.91 Å². The number of benzene rings is 2. The summed E-state index contributed by atoms with van der Waals surface area (Å²) in [4.78, 5) is 12.0. The number of nitrogens with one attached hydrogen (secondary N) is 1. The zero-order valence-electron chi connectivity index (χ0n) is 9.78. The molecule has 0 unspecified atom stereocenters. The second kappa shape index (κ2) is 5.27. The molecule has 98 valence electrons. The average molecular weight is 324 g/mol. The minimum Gasteiger partial charge on any atom is -0.399 e. The van der Waals surface area contributed by atoms with Crippen molar-refractivity contribution < 1.29 is 9.18 Å². The van der Waals surface area contributed by atoms with E-state index in [0.717, 1.165) is 0 Å². The molecule has 0 aliphatic rings. The van der Waals surface area contributed by atoms with Gasteiger partial charge in [-0.2, -0.15) is 0 Å². The second-order valence-corrected chi connectivity index (χ2v) is 4.78. The van der Waals surface area contributed by atoms with Gasteiger partial charge in [0, 0.05) is 17.1 Å². The van der Waals surface area contributed by atoms with Crippen LogP contribution in [0.3, 0.4) is 0 Å². The Bertz CT molecular complexity index is 646. The highest BCUT2D eigenvalue weighted by Crippen LogP contribution is 2.22. The van der Waals surface area contributed by atoms with E-state index in [-0.39, 0.29) is 10.4 Å². The summed E-state index contributed by atoms with van der Waals surface area (Å²) in [5.41, 5.74) is 12.8. The number of nitrogens with two attached hydrogens (primary N) is 2. The molecule has 0 atom stereocenters. The lowest BCUT2D eigenvalue weighted by atomic mass is 10.1. The third-order valence-corrected chi connectivity index (χ3v) is 3.11. The molecule has 0 fully saturated rings. The van der Waals surface area contributed by atoms with Crippen LogP contribution in [0.15, 0.2) is 40.9 Å². The van der Waals surface area contributed by atoms with Crippen LogP contribution < -0.4 is 16.8 Å². The molecule has 19 heavy (non-hydrogen) atoms. The Morgan fingerprint density at radius 2 is 1.89 bits per heavy atom. The summed E-state index contributed by atoms with van der Waals surface area (Å²) >= 11 is 3.05. The standard InChI is InChI=1S/C13H11BrFN3O/c14-10-6-8(2-4-11(10)15)18-13(19)9-3-1-7(16)5-12(9)17/h1-6H,16-17H2,(H,18,19). The van der Waals surface area contributed by atoms with Gasteiger partial charge in [-0.3, -0.25) is 4.79 Å². The van der Waals surface area contributed by atoms with Crippen LogP contribution in [0.4, 0.5) is 21.5 Å². The fraction of sp³-hybridized carbons (Fsp3) is 0. The van der Waals surface area contributed by atoms with E-state index < -0.39 is 5.82 Å². The zero-order chi connectivity index (χ0) is 14.0. The zero-order valence-corrected chi connectivity index (χ0v) is 11.4. The third-order valence-electron chi connectivity index (χ3n) is 2.50. The number of anilines is 3. The predicted molar refractivity (Wildman–Crippen MR) is 77.3 cm³/mol. The Morgan fingerprint density at radius 1 is 1.16 bits per heavy atom. The molecule has 0 aliphatic carbocycles. The van der Waals surface area contributed by atoms with Crippen molar-refractivity contribution in [3.05, 3.63) is 52.3 Å². The van der Waals surface area contributed by atoms with Crippen LogP contribution in [-0.4, -0.2) is 5.91 Å². The van der Waals surface area contributed by atoms with Crippen molar-refractivity contribution in [2.24, 2.45) is 0 Å². The lowest BCUT2D eigenvalue weighted by molar-refractivity contribution is 0.102. The SMILES string of the molecule is Nc1ccc(C(=O)Nc2ccc(F)c(Br)c2)c(N)c1. The molecule has 2 aromatic rings. The first-order valence-electron chi connectivity index (χ1n) is 5.39. The van der Waals surface area contributed by atoms with Crippen molar-refractivity contribution in [2.45, 2.75) is 0 Å². The summed E-state index contributed by atoms with van der Waals surface area (Å²) in [5.74, 6) is -0.777. The summed E-state index contributed by atoms with van der Waals surface area (Å²) < 4.78 is 13.3. The molecule has 5 N–H and O–H groups in total. The molecule has 2 rings (SSSR count). The van der Waals surface area contributed by atoms with Gasteiger partial charge in [-0.15, -0.1) is 0 Å². The number of hydrogen-bond acceptors (Lipinski definition) is 3. The summed E-state index contributed by atoms with van der Waals surface area (Å²) in [7, 11) is 0. The molecule has 0 saturated heterocycles. The average Bonchev–Trinajstić information content (AvgIpc) is 2.33. The molecule has 2 aromatic carbocycles. The summed E-state index contributed by atoms with van der Waals surface area (Å²) in [6.45, 7) is 0. The molecule has 1 amide bonds. The molecule has 0 spiro atoms. The molecular weight excluding hydrogens is 313 g/mol. The van der Waals surface area contributed by atoms with E-state index in [0.29, 0.717) is 22.6 Å². The van der Waals surface area contributed by atoms with Gasteiger partial charge in [-0.05, 0) is 52.3 Å². The summed E-state index contributed by atoms with van der Waals surface area (Å²) in [6.07, 6.45) is 0. The van der Waals surface area contributed by atoms with Gasteiger partial charge < -0.3 is 16.8 Å². The molecule has 0 aliphatic heterocycles. The van der Waals surface area contributed by atoms with Crippen molar-refractivity contribution in [3.63, 3.8) is 0 Å². The van der Waals surface area contributed by atoms with E-state index >= 15 is 0 Å². The lowest BCUT2D eigenvalue weighted by Crippen LogP contribution is -2.14. The minimum atomic E-state index is -0.398. The smallest absolute Gasteiger partial charge is 0.257 e. The topological polar surface area (TPSA) is 81.1 Å². The van der Waals surface area contributed by atoms with Gasteiger partial charge in [0.1, 0.15) is 5.82 Å². The number of amides is 1. The molecular formula is C13H11BrFN3O. The fourth-order valence-electron chi connectivity index (χ4n) is 1.56. The monoisotopic (exact) mass is 323 g/mol. The Balaban J connectivity index is 2.23. The fourth-order valence-corrected chi connectivity index (χ4v) is 1.94. The van der Waals surface area contributed by atoms with Crippen molar-refractivity contribution in [1.29, 1.82) is 0 Å². The maximum absolute atomic E-state index is 13.1. The molecule has 4 nitrogen and oxygen atoms in total. The van der Waals surface area contributed by atoms with E-state index in [4.69, 9.17) is 11.5 Å². The number of halogens is 2. The number of hydrogen-bond donors (Lipinski definition) is 3. The Labute approximate surface area is 117 Å². The Morgan fingerprint density at radius 3 is 2.53 bits per heavy atom. The largest absolute Gasteiger partial charge is 0.399 e. The van der Waals surface area contributed by atoms with Crippen LogP contribution in [0, 0.1) is 5.82 Å².